The van der Waals surface area contributed by atoms with Crippen molar-refractivity contribution >= 4 is 29.3 Å². The molecule has 0 N–H and O–H groups in total. The predicted molar refractivity (Wildman–Crippen MR) is 111 cm³/mol. The molecule has 146 valence electrons. The molecule has 5 nitrogen and oxygen atoms in total. The standard InChI is InChI=1S/C23H19ClN2O3/c24-19-10-2-1-8-17(19)23(27)26-22(20-11-5-13-29-20)18-9-3-6-15(21(18)25-26)14-16-7-4-12-28-16/h1-2,4-5,7-8,10-14,18,22H,3,6,9H2/b15-14+/t18-,22-/m1/s1. The highest BCUT2D eigenvalue weighted by molar-refractivity contribution is 6.33. The minimum absolute atomic E-state index is 0.0718. The topological polar surface area (TPSA) is 59.0 Å². The van der Waals surface area contributed by atoms with Crippen molar-refractivity contribution in [3.8, 4) is 0 Å². The predicted octanol–water partition coefficient (Wildman–Crippen LogP) is 5.96. The van der Waals surface area contributed by atoms with Gasteiger partial charge in [0.2, 0.25) is 0 Å². The number of halogens is 1. The van der Waals surface area contributed by atoms with Crippen molar-refractivity contribution in [2.24, 2.45) is 11.0 Å². The van der Waals surface area contributed by atoms with E-state index in [4.69, 9.17) is 25.5 Å². The molecule has 1 aromatic carbocycles. The molecule has 1 aliphatic carbocycles. The van der Waals surface area contributed by atoms with Crippen molar-refractivity contribution in [3.63, 3.8) is 0 Å². The third-order valence-electron chi connectivity index (χ3n) is 5.51. The number of allylic oxidation sites excluding steroid dienone is 1. The van der Waals surface area contributed by atoms with Crippen LogP contribution in [0, 0.1) is 5.92 Å². The first-order valence-corrected chi connectivity index (χ1v) is 10.0. The van der Waals surface area contributed by atoms with Crippen molar-refractivity contribution < 1.29 is 13.6 Å². The van der Waals surface area contributed by atoms with E-state index in [1.165, 1.54) is 0 Å². The van der Waals surface area contributed by atoms with Crippen molar-refractivity contribution in [2.75, 3.05) is 0 Å². The molecule has 0 unspecified atom stereocenters. The van der Waals surface area contributed by atoms with E-state index in [0.717, 1.165) is 42.1 Å². The van der Waals surface area contributed by atoms with Crippen LogP contribution in [0.15, 0.2) is 80.6 Å². The molecule has 1 aliphatic heterocycles. The quantitative estimate of drug-likeness (QED) is 0.539. The normalized spacial score (nSPS) is 22.6. The lowest BCUT2D eigenvalue weighted by atomic mass is 9.79. The molecule has 6 heteroatoms. The van der Waals surface area contributed by atoms with E-state index in [2.05, 4.69) is 0 Å². The van der Waals surface area contributed by atoms with E-state index < -0.39 is 0 Å². The fourth-order valence-corrected chi connectivity index (χ4v) is 4.43. The molecule has 2 aromatic heterocycles. The van der Waals surface area contributed by atoms with Gasteiger partial charge in [-0.15, -0.1) is 0 Å². The van der Waals surface area contributed by atoms with E-state index in [1.54, 1.807) is 35.7 Å². The molecule has 1 saturated carbocycles. The lowest BCUT2D eigenvalue weighted by Crippen LogP contribution is -2.31. The van der Waals surface area contributed by atoms with E-state index in [1.807, 2.05) is 36.4 Å². The SMILES string of the molecule is O=C(c1ccccc1Cl)N1N=C2/C(=C/c3ccco3)CCC[C@H]2[C@@H]1c1ccco1. The minimum Gasteiger partial charge on any atom is -0.467 e. The van der Waals surface area contributed by atoms with Gasteiger partial charge < -0.3 is 8.83 Å². The van der Waals surface area contributed by atoms with Crippen LogP contribution in [0.3, 0.4) is 0 Å². The molecule has 29 heavy (non-hydrogen) atoms. The summed E-state index contributed by atoms with van der Waals surface area (Å²) in [5.74, 6) is 1.36. The highest BCUT2D eigenvalue weighted by Gasteiger charge is 2.45. The second-order valence-electron chi connectivity index (χ2n) is 7.26. The average Bonchev–Trinajstić information content (AvgIpc) is 3.48. The maximum Gasteiger partial charge on any atom is 0.276 e. The fourth-order valence-electron chi connectivity index (χ4n) is 4.21. The summed E-state index contributed by atoms with van der Waals surface area (Å²) in [5.41, 5.74) is 2.46. The van der Waals surface area contributed by atoms with E-state index in [9.17, 15) is 4.79 Å². The highest BCUT2D eigenvalue weighted by Crippen LogP contribution is 2.45. The lowest BCUT2D eigenvalue weighted by molar-refractivity contribution is 0.0656. The van der Waals surface area contributed by atoms with Gasteiger partial charge in [-0.1, -0.05) is 23.7 Å². The number of nitrogens with zero attached hydrogens (tertiary/aromatic N) is 2. The Balaban J connectivity index is 1.59. The fraction of sp³-hybridized carbons (Fsp3) is 0.217. The number of furan rings is 2. The minimum atomic E-state index is -0.288. The highest BCUT2D eigenvalue weighted by atomic mass is 35.5. The third-order valence-corrected chi connectivity index (χ3v) is 5.84. The Kier molecular flexibility index (Phi) is 4.60. The summed E-state index contributed by atoms with van der Waals surface area (Å²) in [5, 5.41) is 6.76. The van der Waals surface area contributed by atoms with Gasteiger partial charge >= 0.3 is 0 Å². The Labute approximate surface area is 173 Å². The number of hydrogen-bond acceptors (Lipinski definition) is 4. The number of amides is 1. The number of rotatable bonds is 3. The van der Waals surface area contributed by atoms with Crippen LogP contribution in [-0.2, 0) is 0 Å². The van der Waals surface area contributed by atoms with Crippen molar-refractivity contribution in [1.29, 1.82) is 0 Å². The Morgan fingerprint density at radius 1 is 1.10 bits per heavy atom. The third kappa shape index (κ3) is 3.21. The lowest BCUT2D eigenvalue weighted by Gasteiger charge is -2.27. The molecule has 3 heterocycles. The van der Waals surface area contributed by atoms with Crippen molar-refractivity contribution in [3.05, 3.63) is 88.7 Å². The van der Waals surface area contributed by atoms with Crippen LogP contribution in [0.25, 0.3) is 6.08 Å². The molecular weight excluding hydrogens is 388 g/mol. The first-order chi connectivity index (χ1) is 14.2. The zero-order valence-electron chi connectivity index (χ0n) is 15.6. The van der Waals surface area contributed by atoms with Gasteiger partial charge in [-0.25, -0.2) is 5.01 Å². The molecular formula is C23H19ClN2O3. The number of carbonyl (C=O) groups excluding carboxylic acids is 1. The van der Waals surface area contributed by atoms with E-state index >= 15 is 0 Å². The smallest absolute Gasteiger partial charge is 0.276 e. The van der Waals surface area contributed by atoms with Crippen LogP contribution >= 0.6 is 11.6 Å². The maximum absolute atomic E-state index is 13.4. The van der Waals surface area contributed by atoms with Crippen LogP contribution in [0.1, 0.15) is 47.2 Å². The molecule has 1 fully saturated rings. The summed E-state index contributed by atoms with van der Waals surface area (Å²) < 4.78 is 11.2. The van der Waals surface area contributed by atoms with Gasteiger partial charge in [0.15, 0.2) is 0 Å². The zero-order chi connectivity index (χ0) is 19.8. The second-order valence-corrected chi connectivity index (χ2v) is 7.67. The number of benzene rings is 1. The maximum atomic E-state index is 13.4. The summed E-state index contributed by atoms with van der Waals surface area (Å²) in [7, 11) is 0. The van der Waals surface area contributed by atoms with E-state index in [-0.39, 0.29) is 17.9 Å². The van der Waals surface area contributed by atoms with E-state index in [0.29, 0.717) is 10.6 Å². The van der Waals surface area contributed by atoms with Gasteiger partial charge in [0, 0.05) is 5.92 Å². The first kappa shape index (κ1) is 18.0. The number of carbonyl (C=O) groups is 1. The summed E-state index contributed by atoms with van der Waals surface area (Å²) in [4.78, 5) is 13.4. The van der Waals surface area contributed by atoms with Gasteiger partial charge in [0.25, 0.3) is 5.91 Å². The summed E-state index contributed by atoms with van der Waals surface area (Å²) in [6.07, 6.45) is 8.16. The van der Waals surface area contributed by atoms with Gasteiger partial charge in [-0.3, -0.25) is 4.79 Å². The molecule has 0 bridgehead atoms. The van der Waals surface area contributed by atoms with Gasteiger partial charge in [0.05, 0.1) is 28.8 Å². The Morgan fingerprint density at radius 3 is 2.69 bits per heavy atom. The molecule has 0 radical (unpaired) electrons. The van der Waals surface area contributed by atoms with Gasteiger partial charge in [0.1, 0.15) is 17.6 Å². The molecule has 0 saturated heterocycles. The largest absolute Gasteiger partial charge is 0.467 e. The van der Waals surface area contributed by atoms with Crippen molar-refractivity contribution in [2.45, 2.75) is 25.3 Å². The van der Waals surface area contributed by atoms with Crippen LogP contribution in [0.4, 0.5) is 0 Å². The number of hydrogen-bond donors (Lipinski definition) is 0. The Bertz CT molecular complexity index is 1080. The molecule has 2 atom stereocenters. The Morgan fingerprint density at radius 2 is 1.93 bits per heavy atom. The average molecular weight is 407 g/mol. The molecule has 1 amide bonds. The van der Waals surface area contributed by atoms with Crippen molar-refractivity contribution in [1.82, 2.24) is 5.01 Å². The van der Waals surface area contributed by atoms with Crippen LogP contribution in [-0.4, -0.2) is 16.6 Å². The summed E-state index contributed by atoms with van der Waals surface area (Å²) in [6, 6.07) is 14.3. The molecule has 0 spiro atoms. The monoisotopic (exact) mass is 406 g/mol. The van der Waals surface area contributed by atoms with Gasteiger partial charge in [-0.2, -0.15) is 5.10 Å². The van der Waals surface area contributed by atoms with Gasteiger partial charge in [-0.05, 0) is 67.3 Å². The number of fused-ring (bicyclic) bond motifs is 1. The van der Waals surface area contributed by atoms with Crippen LogP contribution in [0.5, 0.6) is 0 Å². The second kappa shape index (κ2) is 7.41. The molecule has 2 aliphatic rings. The summed E-state index contributed by atoms with van der Waals surface area (Å²) in [6.45, 7) is 0. The number of hydrazone groups is 1. The zero-order valence-corrected chi connectivity index (χ0v) is 16.4. The first-order valence-electron chi connectivity index (χ1n) is 9.67. The van der Waals surface area contributed by atoms with Crippen LogP contribution in [0.2, 0.25) is 5.02 Å². The molecule has 3 aromatic rings. The Hall–Kier alpha value is -3.05. The van der Waals surface area contributed by atoms with Crippen LogP contribution < -0.4 is 0 Å². The summed E-state index contributed by atoms with van der Waals surface area (Å²) >= 11 is 6.30. The molecule has 5 rings (SSSR count).